The molecule has 0 aliphatic carbocycles. The molecule has 0 aromatic heterocycles. The summed E-state index contributed by atoms with van der Waals surface area (Å²) >= 11 is 0. The van der Waals surface area contributed by atoms with Crippen molar-refractivity contribution in [3.63, 3.8) is 0 Å². The fourth-order valence-corrected chi connectivity index (χ4v) is 3.24. The molecule has 2 aromatic carbocycles. The van der Waals surface area contributed by atoms with Gasteiger partial charge in [0.1, 0.15) is 12.5 Å². The molecular formula is C22H29NO2. The number of benzene rings is 2. The zero-order valence-corrected chi connectivity index (χ0v) is 15.5. The molecule has 2 rings (SSSR count). The molecule has 0 N–H and O–H groups in total. The zero-order valence-electron chi connectivity index (χ0n) is 15.5. The number of nitrogens with zero attached hydrogens (tertiary/aromatic N) is 1. The number of hydrogen-bond acceptors (Lipinski definition) is 3. The molecule has 0 amide bonds. The molecule has 3 heteroatoms. The molecule has 2 aromatic rings. The number of esters is 1. The van der Waals surface area contributed by atoms with Crippen LogP contribution in [-0.4, -0.2) is 36.6 Å². The second-order valence-electron chi connectivity index (χ2n) is 6.17. The summed E-state index contributed by atoms with van der Waals surface area (Å²) in [5, 5.41) is 0. The maximum absolute atomic E-state index is 12.9. The van der Waals surface area contributed by atoms with Crippen molar-refractivity contribution in [1.82, 2.24) is 4.90 Å². The normalized spacial score (nSPS) is 12.4. The van der Waals surface area contributed by atoms with E-state index < -0.39 is 0 Å². The second-order valence-corrected chi connectivity index (χ2v) is 6.17. The number of ether oxygens (including phenoxy) is 1. The van der Waals surface area contributed by atoms with Gasteiger partial charge in [0.05, 0.1) is 0 Å². The minimum Gasteiger partial charge on any atom is -0.463 e. The van der Waals surface area contributed by atoms with Gasteiger partial charge in [0.25, 0.3) is 0 Å². The Morgan fingerprint density at radius 2 is 1.36 bits per heavy atom. The third kappa shape index (κ3) is 5.17. The fraction of sp³-hybridized carbons (Fsp3) is 0.409. The van der Waals surface area contributed by atoms with Crippen LogP contribution < -0.4 is 0 Å². The summed E-state index contributed by atoms with van der Waals surface area (Å²) in [7, 11) is 0. The number of hydrogen-bond donors (Lipinski definition) is 0. The maximum Gasteiger partial charge on any atom is 0.317 e. The van der Waals surface area contributed by atoms with Gasteiger partial charge in [0.2, 0.25) is 0 Å². The first-order chi connectivity index (χ1) is 12.2. The van der Waals surface area contributed by atoms with Crippen LogP contribution in [0.25, 0.3) is 0 Å². The smallest absolute Gasteiger partial charge is 0.317 e. The molecule has 0 aliphatic heterocycles. The fourth-order valence-electron chi connectivity index (χ4n) is 3.24. The van der Waals surface area contributed by atoms with Gasteiger partial charge in [-0.2, -0.15) is 0 Å². The summed E-state index contributed by atoms with van der Waals surface area (Å²) in [5.41, 5.74) is 1.93. The lowest BCUT2D eigenvalue weighted by molar-refractivity contribution is -0.146. The van der Waals surface area contributed by atoms with Crippen LogP contribution in [-0.2, 0) is 9.53 Å². The van der Waals surface area contributed by atoms with Gasteiger partial charge >= 0.3 is 5.97 Å². The average molecular weight is 339 g/mol. The van der Waals surface area contributed by atoms with Crippen molar-refractivity contribution in [3.05, 3.63) is 71.8 Å². The Kier molecular flexibility index (Phi) is 7.68. The first-order valence-corrected chi connectivity index (χ1v) is 9.21. The van der Waals surface area contributed by atoms with E-state index >= 15 is 0 Å². The van der Waals surface area contributed by atoms with Gasteiger partial charge in [-0.25, -0.2) is 0 Å². The lowest BCUT2D eigenvalue weighted by atomic mass is 9.91. The van der Waals surface area contributed by atoms with Crippen LogP contribution in [0.3, 0.4) is 0 Å². The quantitative estimate of drug-likeness (QED) is 0.631. The first kappa shape index (κ1) is 19.2. The number of carbonyl (C=O) groups excluding carboxylic acids is 1. The van der Waals surface area contributed by atoms with E-state index in [1.54, 1.807) is 0 Å². The summed E-state index contributed by atoms with van der Waals surface area (Å²) in [5.74, 6) is -0.556. The average Bonchev–Trinajstić information content (AvgIpc) is 2.67. The third-order valence-electron chi connectivity index (χ3n) is 4.72. The molecule has 25 heavy (non-hydrogen) atoms. The second kappa shape index (κ2) is 10.00. The summed E-state index contributed by atoms with van der Waals surface area (Å²) in [6, 6.07) is 20.0. The van der Waals surface area contributed by atoms with E-state index in [1.165, 1.54) is 0 Å². The number of carbonyl (C=O) groups is 1. The van der Waals surface area contributed by atoms with Crippen LogP contribution in [0, 0.1) is 0 Å². The van der Waals surface area contributed by atoms with E-state index in [-0.39, 0.29) is 17.9 Å². The molecule has 0 radical (unpaired) electrons. The molecular weight excluding hydrogens is 310 g/mol. The van der Waals surface area contributed by atoms with Crippen molar-refractivity contribution in [2.75, 3.05) is 19.7 Å². The van der Waals surface area contributed by atoms with Crippen molar-refractivity contribution in [1.29, 1.82) is 0 Å². The van der Waals surface area contributed by atoms with E-state index in [0.717, 1.165) is 30.6 Å². The van der Waals surface area contributed by atoms with E-state index in [1.807, 2.05) is 60.7 Å². The predicted octanol–water partition coefficient (Wildman–Crippen LogP) is 4.48. The Balaban J connectivity index is 2.16. The minimum atomic E-state index is -0.378. The van der Waals surface area contributed by atoms with Crippen molar-refractivity contribution in [3.8, 4) is 0 Å². The largest absolute Gasteiger partial charge is 0.463 e. The van der Waals surface area contributed by atoms with Gasteiger partial charge in [-0.15, -0.1) is 0 Å². The van der Waals surface area contributed by atoms with E-state index in [9.17, 15) is 4.79 Å². The lowest BCUT2D eigenvalue weighted by Gasteiger charge is -2.29. The highest BCUT2D eigenvalue weighted by Gasteiger charge is 2.25. The predicted molar refractivity (Wildman–Crippen MR) is 103 cm³/mol. The van der Waals surface area contributed by atoms with E-state index in [2.05, 4.69) is 25.7 Å². The van der Waals surface area contributed by atoms with E-state index in [0.29, 0.717) is 6.61 Å². The van der Waals surface area contributed by atoms with Crippen LogP contribution in [0.15, 0.2) is 60.7 Å². The topological polar surface area (TPSA) is 29.5 Å². The van der Waals surface area contributed by atoms with Crippen LogP contribution in [0.1, 0.15) is 44.2 Å². The molecule has 0 saturated heterocycles. The van der Waals surface area contributed by atoms with Gasteiger partial charge in [0.15, 0.2) is 0 Å². The van der Waals surface area contributed by atoms with Gasteiger partial charge in [-0.05, 0) is 30.6 Å². The van der Waals surface area contributed by atoms with E-state index in [4.69, 9.17) is 4.74 Å². The van der Waals surface area contributed by atoms with Crippen LogP contribution in [0.5, 0.6) is 0 Å². The Labute approximate surface area is 151 Å². The Morgan fingerprint density at radius 3 is 1.76 bits per heavy atom. The van der Waals surface area contributed by atoms with Gasteiger partial charge < -0.3 is 4.74 Å². The molecule has 1 atom stereocenters. The molecule has 3 nitrogen and oxygen atoms in total. The first-order valence-electron chi connectivity index (χ1n) is 9.21. The molecule has 0 fully saturated rings. The Morgan fingerprint density at radius 1 is 0.880 bits per heavy atom. The van der Waals surface area contributed by atoms with Gasteiger partial charge in [-0.3, -0.25) is 9.69 Å². The monoisotopic (exact) mass is 339 g/mol. The molecule has 0 spiro atoms. The highest BCUT2D eigenvalue weighted by Crippen LogP contribution is 2.26. The SMILES string of the molecule is CC[C@H](COC(=O)C(c1ccccc1)c1ccccc1)N(CC)CC. The van der Waals surface area contributed by atoms with Crippen molar-refractivity contribution in [2.24, 2.45) is 0 Å². The number of likely N-dealkylation sites (N-methyl/N-ethyl adjacent to an activating group) is 1. The highest BCUT2D eigenvalue weighted by molar-refractivity contribution is 5.82. The molecule has 0 saturated carbocycles. The van der Waals surface area contributed by atoms with Gasteiger partial charge in [0, 0.05) is 6.04 Å². The van der Waals surface area contributed by atoms with Crippen molar-refractivity contribution in [2.45, 2.75) is 39.2 Å². The summed E-state index contributed by atoms with van der Waals surface area (Å²) in [4.78, 5) is 15.3. The lowest BCUT2D eigenvalue weighted by Crippen LogP contribution is -2.39. The van der Waals surface area contributed by atoms with Crippen molar-refractivity contribution < 1.29 is 9.53 Å². The van der Waals surface area contributed by atoms with Crippen LogP contribution in [0.4, 0.5) is 0 Å². The molecule has 0 bridgehead atoms. The summed E-state index contributed by atoms with van der Waals surface area (Å²) in [6.45, 7) is 8.80. The third-order valence-corrected chi connectivity index (χ3v) is 4.72. The maximum atomic E-state index is 12.9. The minimum absolute atomic E-state index is 0.178. The Hall–Kier alpha value is -2.13. The highest BCUT2D eigenvalue weighted by atomic mass is 16.5. The van der Waals surface area contributed by atoms with Gasteiger partial charge in [-0.1, -0.05) is 81.4 Å². The Bertz CT molecular complexity index is 583. The van der Waals surface area contributed by atoms with Crippen molar-refractivity contribution >= 4 is 5.97 Å². The van der Waals surface area contributed by atoms with Crippen LogP contribution in [0.2, 0.25) is 0 Å². The zero-order chi connectivity index (χ0) is 18.1. The van der Waals surface area contributed by atoms with Crippen LogP contribution >= 0.6 is 0 Å². The molecule has 0 heterocycles. The summed E-state index contributed by atoms with van der Waals surface area (Å²) < 4.78 is 5.77. The summed E-state index contributed by atoms with van der Waals surface area (Å²) in [6.07, 6.45) is 0.969. The molecule has 0 unspecified atom stereocenters. The number of rotatable bonds is 9. The molecule has 134 valence electrons. The molecule has 0 aliphatic rings. The standard InChI is InChI=1S/C22H29NO2/c1-4-20(23(5-2)6-3)17-25-22(24)21(18-13-9-7-10-14-18)19-15-11-8-12-16-19/h7-16,20-21H,4-6,17H2,1-3H3/t20-/m1/s1.